The third-order valence-electron chi connectivity index (χ3n) is 3.38. The first kappa shape index (κ1) is 14.8. The molecule has 0 heterocycles. The van der Waals surface area contributed by atoms with Gasteiger partial charge in [0.25, 0.3) is 5.91 Å². The Morgan fingerprint density at radius 2 is 1.41 bits per heavy atom. The lowest BCUT2D eigenvalue weighted by Crippen LogP contribution is -2.13. The van der Waals surface area contributed by atoms with Crippen LogP contribution in [0.4, 0.5) is 5.69 Å². The molecule has 0 saturated carbocycles. The maximum atomic E-state index is 12.5. The SMILES string of the molecule is O=C(Nc1ccccc1-c1ccccc1)c1ccccc1I. The molecule has 3 heteroatoms. The van der Waals surface area contributed by atoms with Gasteiger partial charge >= 0.3 is 0 Å². The lowest BCUT2D eigenvalue weighted by Gasteiger charge is -2.12. The van der Waals surface area contributed by atoms with E-state index in [1.165, 1.54) is 0 Å². The molecule has 3 aromatic carbocycles. The summed E-state index contributed by atoms with van der Waals surface area (Å²) < 4.78 is 0.940. The molecule has 0 bridgehead atoms. The predicted molar refractivity (Wildman–Crippen MR) is 99.0 cm³/mol. The van der Waals surface area contributed by atoms with E-state index in [4.69, 9.17) is 0 Å². The van der Waals surface area contributed by atoms with Crippen LogP contribution in [0.2, 0.25) is 0 Å². The van der Waals surface area contributed by atoms with Crippen LogP contribution in [0, 0.1) is 3.57 Å². The molecular formula is C19H14INO. The molecule has 0 aliphatic rings. The number of hydrogen-bond donors (Lipinski definition) is 1. The van der Waals surface area contributed by atoms with Crippen molar-refractivity contribution in [2.45, 2.75) is 0 Å². The molecule has 2 nitrogen and oxygen atoms in total. The van der Waals surface area contributed by atoms with Crippen molar-refractivity contribution < 1.29 is 4.79 Å². The van der Waals surface area contributed by atoms with Crippen molar-refractivity contribution in [2.75, 3.05) is 5.32 Å². The lowest BCUT2D eigenvalue weighted by molar-refractivity contribution is 0.102. The Morgan fingerprint density at radius 1 is 0.773 bits per heavy atom. The zero-order chi connectivity index (χ0) is 15.4. The topological polar surface area (TPSA) is 29.1 Å². The zero-order valence-corrected chi connectivity index (χ0v) is 13.9. The van der Waals surface area contributed by atoms with E-state index >= 15 is 0 Å². The molecule has 108 valence electrons. The van der Waals surface area contributed by atoms with Crippen LogP contribution in [-0.4, -0.2) is 5.91 Å². The Balaban J connectivity index is 1.94. The number of anilines is 1. The summed E-state index contributed by atoms with van der Waals surface area (Å²) in [5.74, 6) is -0.0895. The summed E-state index contributed by atoms with van der Waals surface area (Å²) in [6.07, 6.45) is 0. The molecule has 0 unspecified atom stereocenters. The van der Waals surface area contributed by atoms with Crippen molar-refractivity contribution >= 4 is 34.2 Å². The van der Waals surface area contributed by atoms with Gasteiger partial charge in [-0.3, -0.25) is 4.79 Å². The summed E-state index contributed by atoms with van der Waals surface area (Å²) in [4.78, 5) is 12.5. The molecule has 0 fully saturated rings. The van der Waals surface area contributed by atoms with E-state index in [2.05, 4.69) is 27.9 Å². The van der Waals surface area contributed by atoms with Crippen molar-refractivity contribution in [1.29, 1.82) is 0 Å². The number of halogens is 1. The summed E-state index contributed by atoms with van der Waals surface area (Å²) in [6.45, 7) is 0. The second kappa shape index (κ2) is 6.75. The molecule has 0 spiro atoms. The first-order chi connectivity index (χ1) is 10.8. The smallest absolute Gasteiger partial charge is 0.256 e. The Morgan fingerprint density at radius 3 is 2.18 bits per heavy atom. The highest BCUT2D eigenvalue weighted by Crippen LogP contribution is 2.28. The van der Waals surface area contributed by atoms with Gasteiger partial charge in [-0.15, -0.1) is 0 Å². The van der Waals surface area contributed by atoms with Gasteiger partial charge in [0.05, 0.1) is 5.56 Å². The Kier molecular flexibility index (Phi) is 4.53. The van der Waals surface area contributed by atoms with Crippen LogP contribution in [0.25, 0.3) is 11.1 Å². The van der Waals surface area contributed by atoms with Crippen LogP contribution < -0.4 is 5.32 Å². The normalized spacial score (nSPS) is 10.2. The van der Waals surface area contributed by atoms with E-state index in [1.54, 1.807) is 0 Å². The summed E-state index contributed by atoms with van der Waals surface area (Å²) in [6, 6.07) is 25.5. The minimum atomic E-state index is -0.0895. The van der Waals surface area contributed by atoms with Gasteiger partial charge in [-0.2, -0.15) is 0 Å². The van der Waals surface area contributed by atoms with Crippen LogP contribution in [0.15, 0.2) is 78.9 Å². The lowest BCUT2D eigenvalue weighted by atomic mass is 10.0. The van der Waals surface area contributed by atoms with Gasteiger partial charge in [0.15, 0.2) is 0 Å². The van der Waals surface area contributed by atoms with Crippen LogP contribution in [-0.2, 0) is 0 Å². The molecule has 0 atom stereocenters. The highest BCUT2D eigenvalue weighted by atomic mass is 127. The van der Waals surface area contributed by atoms with Gasteiger partial charge in [0, 0.05) is 14.8 Å². The quantitative estimate of drug-likeness (QED) is 0.602. The fraction of sp³-hybridized carbons (Fsp3) is 0. The molecule has 22 heavy (non-hydrogen) atoms. The van der Waals surface area contributed by atoms with E-state index in [0.717, 1.165) is 20.4 Å². The molecule has 1 amide bonds. The third-order valence-corrected chi connectivity index (χ3v) is 4.32. The maximum absolute atomic E-state index is 12.5. The van der Waals surface area contributed by atoms with E-state index in [-0.39, 0.29) is 5.91 Å². The second-order valence-electron chi connectivity index (χ2n) is 4.85. The summed E-state index contributed by atoms with van der Waals surface area (Å²) >= 11 is 2.18. The first-order valence-corrected chi connectivity index (χ1v) is 8.04. The molecule has 3 rings (SSSR count). The largest absolute Gasteiger partial charge is 0.321 e. The number of carbonyl (C=O) groups excluding carboxylic acids is 1. The number of amides is 1. The molecule has 1 N–H and O–H groups in total. The van der Waals surface area contributed by atoms with Crippen LogP contribution in [0.3, 0.4) is 0 Å². The molecule has 0 saturated heterocycles. The van der Waals surface area contributed by atoms with Crippen molar-refractivity contribution in [3.8, 4) is 11.1 Å². The van der Waals surface area contributed by atoms with Crippen LogP contribution in [0.1, 0.15) is 10.4 Å². The average Bonchev–Trinajstić information content (AvgIpc) is 2.56. The fourth-order valence-electron chi connectivity index (χ4n) is 2.30. The molecule has 0 aliphatic heterocycles. The predicted octanol–water partition coefficient (Wildman–Crippen LogP) is 5.21. The molecule has 0 aliphatic carbocycles. The zero-order valence-electron chi connectivity index (χ0n) is 11.8. The number of nitrogens with one attached hydrogen (secondary N) is 1. The second-order valence-corrected chi connectivity index (χ2v) is 6.01. The minimum absolute atomic E-state index is 0.0895. The van der Waals surface area contributed by atoms with Gasteiger partial charge in [0.2, 0.25) is 0 Å². The minimum Gasteiger partial charge on any atom is -0.321 e. The van der Waals surface area contributed by atoms with Crippen molar-refractivity contribution in [2.24, 2.45) is 0 Å². The van der Waals surface area contributed by atoms with Gasteiger partial charge in [-0.1, -0.05) is 60.7 Å². The number of rotatable bonds is 3. The summed E-state index contributed by atoms with van der Waals surface area (Å²) in [7, 11) is 0. The number of benzene rings is 3. The van der Waals surface area contributed by atoms with Gasteiger partial charge in [-0.05, 0) is 46.4 Å². The van der Waals surface area contributed by atoms with Crippen LogP contribution >= 0.6 is 22.6 Å². The standard InChI is InChI=1S/C19H14INO/c20-17-12-6-4-11-16(17)19(22)21-18-13-7-5-10-15(18)14-8-2-1-3-9-14/h1-13H,(H,21,22). The van der Waals surface area contributed by atoms with E-state index < -0.39 is 0 Å². The van der Waals surface area contributed by atoms with Gasteiger partial charge < -0.3 is 5.32 Å². The number of carbonyl (C=O) groups is 1. The third kappa shape index (κ3) is 3.20. The maximum Gasteiger partial charge on any atom is 0.256 e. The van der Waals surface area contributed by atoms with E-state index in [9.17, 15) is 4.79 Å². The Hall–Kier alpha value is -2.14. The molecule has 0 radical (unpaired) electrons. The first-order valence-electron chi connectivity index (χ1n) is 6.96. The van der Waals surface area contributed by atoms with E-state index in [1.807, 2.05) is 78.9 Å². The van der Waals surface area contributed by atoms with Gasteiger partial charge in [0.1, 0.15) is 0 Å². The van der Waals surface area contributed by atoms with Crippen molar-refractivity contribution in [1.82, 2.24) is 0 Å². The number of hydrogen-bond acceptors (Lipinski definition) is 1. The van der Waals surface area contributed by atoms with Gasteiger partial charge in [-0.25, -0.2) is 0 Å². The Labute approximate surface area is 143 Å². The van der Waals surface area contributed by atoms with Crippen molar-refractivity contribution in [3.63, 3.8) is 0 Å². The highest BCUT2D eigenvalue weighted by Gasteiger charge is 2.12. The molecule has 3 aromatic rings. The average molecular weight is 399 g/mol. The summed E-state index contributed by atoms with van der Waals surface area (Å²) in [5.41, 5.74) is 3.60. The fourth-order valence-corrected chi connectivity index (χ4v) is 2.93. The Bertz CT molecular complexity index is 799. The van der Waals surface area contributed by atoms with Crippen LogP contribution in [0.5, 0.6) is 0 Å². The summed E-state index contributed by atoms with van der Waals surface area (Å²) in [5, 5.41) is 3.02. The molecule has 0 aromatic heterocycles. The monoisotopic (exact) mass is 399 g/mol. The molecular weight excluding hydrogens is 385 g/mol. The number of para-hydroxylation sites is 1. The van der Waals surface area contributed by atoms with E-state index in [0.29, 0.717) is 5.56 Å². The van der Waals surface area contributed by atoms with Crippen molar-refractivity contribution in [3.05, 3.63) is 88.0 Å². The highest BCUT2D eigenvalue weighted by molar-refractivity contribution is 14.1.